The lowest BCUT2D eigenvalue weighted by atomic mass is 10.2. The largest absolute Gasteiger partial charge is 0.379 e. The molecule has 7 heteroatoms. The zero-order valence-electron chi connectivity index (χ0n) is 16.1. The molecule has 1 aromatic heterocycles. The smallest absolute Gasteiger partial charge is 0.190 e. The van der Waals surface area contributed by atoms with Crippen molar-refractivity contribution in [1.82, 2.24) is 15.6 Å². The fraction of sp³-hybridized carbons (Fsp3) is 0.600. The number of para-hydroxylation sites is 1. The highest BCUT2D eigenvalue weighted by Crippen LogP contribution is 2.22. The first-order valence-electron chi connectivity index (χ1n) is 9.83. The molecular formula is C20H30N4O2S. The molecule has 2 N–H and O–H groups in total. The summed E-state index contributed by atoms with van der Waals surface area (Å²) in [7, 11) is 1.80. The van der Waals surface area contributed by atoms with Gasteiger partial charge in [-0.1, -0.05) is 12.1 Å². The standard InChI is InChI=1S/C20H30N4O2S/c1-21-20(23-12-6-13-25-15-16-7-5-14-26-16)22-11-4-10-19-24-17-8-2-3-9-18(17)27-19/h2-3,8-9,16H,4-7,10-15H2,1H3,(H2,21,22,23). The summed E-state index contributed by atoms with van der Waals surface area (Å²) in [5.74, 6) is 0.846. The Morgan fingerprint density at radius 3 is 2.93 bits per heavy atom. The molecule has 2 heterocycles. The third-order valence-corrected chi connectivity index (χ3v) is 5.60. The van der Waals surface area contributed by atoms with Crippen molar-refractivity contribution in [3.63, 3.8) is 0 Å². The van der Waals surface area contributed by atoms with Crippen LogP contribution < -0.4 is 10.6 Å². The van der Waals surface area contributed by atoms with E-state index in [1.807, 2.05) is 6.07 Å². The summed E-state index contributed by atoms with van der Waals surface area (Å²) in [6, 6.07) is 8.31. The highest BCUT2D eigenvalue weighted by atomic mass is 32.1. The number of aliphatic imine (C=N–C) groups is 1. The van der Waals surface area contributed by atoms with Crippen LogP contribution in [0.15, 0.2) is 29.3 Å². The fourth-order valence-corrected chi connectivity index (χ4v) is 4.07. The fourth-order valence-electron chi connectivity index (χ4n) is 3.07. The van der Waals surface area contributed by atoms with Crippen LogP contribution in [0.5, 0.6) is 0 Å². The highest BCUT2D eigenvalue weighted by Gasteiger charge is 2.14. The van der Waals surface area contributed by atoms with Crippen LogP contribution in [0.1, 0.15) is 30.7 Å². The molecule has 1 fully saturated rings. The number of nitrogens with zero attached hydrogens (tertiary/aromatic N) is 2. The second-order valence-electron chi connectivity index (χ2n) is 6.67. The normalized spacial score (nSPS) is 17.5. The lowest BCUT2D eigenvalue weighted by Crippen LogP contribution is -2.38. The van der Waals surface area contributed by atoms with Crippen LogP contribution in [0.3, 0.4) is 0 Å². The lowest BCUT2D eigenvalue weighted by molar-refractivity contribution is 0.0168. The summed E-state index contributed by atoms with van der Waals surface area (Å²) < 4.78 is 12.5. The topological polar surface area (TPSA) is 67.8 Å². The molecule has 0 saturated carbocycles. The Kier molecular flexibility index (Phi) is 8.32. The van der Waals surface area contributed by atoms with Crippen molar-refractivity contribution >= 4 is 27.5 Å². The number of hydrogen-bond donors (Lipinski definition) is 2. The Morgan fingerprint density at radius 1 is 1.30 bits per heavy atom. The van der Waals surface area contributed by atoms with Crippen molar-refractivity contribution in [2.24, 2.45) is 4.99 Å². The van der Waals surface area contributed by atoms with Gasteiger partial charge in [-0.15, -0.1) is 11.3 Å². The molecule has 27 heavy (non-hydrogen) atoms. The maximum absolute atomic E-state index is 5.67. The van der Waals surface area contributed by atoms with Crippen LogP contribution in [0.2, 0.25) is 0 Å². The first-order valence-corrected chi connectivity index (χ1v) is 10.6. The van der Waals surface area contributed by atoms with Gasteiger partial charge in [0.25, 0.3) is 0 Å². The van der Waals surface area contributed by atoms with Gasteiger partial charge in [0.05, 0.1) is 27.9 Å². The molecule has 148 valence electrons. The van der Waals surface area contributed by atoms with E-state index >= 15 is 0 Å². The molecule has 1 aromatic carbocycles. The molecule has 1 atom stereocenters. The van der Waals surface area contributed by atoms with Gasteiger partial charge in [0.15, 0.2) is 5.96 Å². The average molecular weight is 391 g/mol. The van der Waals surface area contributed by atoms with E-state index in [4.69, 9.17) is 9.47 Å². The maximum atomic E-state index is 5.67. The monoisotopic (exact) mass is 390 g/mol. The number of nitrogens with one attached hydrogen (secondary N) is 2. The Hall–Kier alpha value is -1.70. The van der Waals surface area contributed by atoms with Crippen LogP contribution in [0.25, 0.3) is 10.2 Å². The highest BCUT2D eigenvalue weighted by molar-refractivity contribution is 7.18. The van der Waals surface area contributed by atoms with Gasteiger partial charge >= 0.3 is 0 Å². The predicted molar refractivity (Wildman–Crippen MR) is 112 cm³/mol. The van der Waals surface area contributed by atoms with Crippen molar-refractivity contribution < 1.29 is 9.47 Å². The number of guanidine groups is 1. The molecule has 1 aliphatic heterocycles. The van der Waals surface area contributed by atoms with Gasteiger partial charge in [-0.25, -0.2) is 4.98 Å². The first-order chi connectivity index (χ1) is 13.3. The SMILES string of the molecule is CN=C(NCCCOCC1CCCO1)NCCCc1nc2ccccc2s1. The summed E-state index contributed by atoms with van der Waals surface area (Å²) in [6.45, 7) is 4.09. The molecule has 0 radical (unpaired) electrons. The summed E-state index contributed by atoms with van der Waals surface area (Å²) in [6.07, 6.45) is 5.58. The second kappa shape index (κ2) is 11.2. The molecule has 0 spiro atoms. The third kappa shape index (κ3) is 6.75. The molecule has 2 aromatic rings. The summed E-state index contributed by atoms with van der Waals surface area (Å²) >= 11 is 1.78. The predicted octanol–water partition coefficient (Wildman–Crippen LogP) is 2.98. The molecule has 0 aliphatic carbocycles. The molecule has 0 amide bonds. The van der Waals surface area contributed by atoms with Gasteiger partial charge in [0.1, 0.15) is 0 Å². The quantitative estimate of drug-likeness (QED) is 0.371. The Morgan fingerprint density at radius 2 is 2.15 bits per heavy atom. The van der Waals surface area contributed by atoms with Crippen molar-refractivity contribution in [3.8, 4) is 0 Å². The average Bonchev–Trinajstić information content (AvgIpc) is 3.35. The number of ether oxygens (including phenoxy) is 2. The van der Waals surface area contributed by atoms with E-state index in [0.29, 0.717) is 6.10 Å². The number of aryl methyl sites for hydroxylation is 1. The number of aromatic nitrogens is 1. The van der Waals surface area contributed by atoms with Crippen LogP contribution in [-0.2, 0) is 15.9 Å². The van der Waals surface area contributed by atoms with E-state index in [0.717, 1.165) is 76.5 Å². The zero-order valence-corrected chi connectivity index (χ0v) is 16.9. The maximum Gasteiger partial charge on any atom is 0.190 e. The molecule has 1 unspecified atom stereocenters. The minimum atomic E-state index is 0.308. The van der Waals surface area contributed by atoms with Gasteiger partial charge in [0, 0.05) is 39.8 Å². The van der Waals surface area contributed by atoms with Crippen LogP contribution in [0.4, 0.5) is 0 Å². The van der Waals surface area contributed by atoms with Gasteiger partial charge in [0.2, 0.25) is 0 Å². The molecule has 6 nitrogen and oxygen atoms in total. The van der Waals surface area contributed by atoms with Crippen LogP contribution in [0, 0.1) is 0 Å². The molecule has 1 saturated heterocycles. The van der Waals surface area contributed by atoms with Gasteiger partial charge in [-0.05, 0) is 37.8 Å². The van der Waals surface area contributed by atoms with E-state index in [1.165, 1.54) is 9.71 Å². The second-order valence-corrected chi connectivity index (χ2v) is 7.78. The zero-order chi connectivity index (χ0) is 18.7. The first kappa shape index (κ1) is 20.0. The Balaban J connectivity index is 1.23. The van der Waals surface area contributed by atoms with E-state index < -0.39 is 0 Å². The van der Waals surface area contributed by atoms with Crippen molar-refractivity contribution in [2.45, 2.75) is 38.2 Å². The molecule has 3 rings (SSSR count). The van der Waals surface area contributed by atoms with E-state index in [9.17, 15) is 0 Å². The summed E-state index contributed by atoms with van der Waals surface area (Å²) in [4.78, 5) is 8.95. The van der Waals surface area contributed by atoms with Crippen molar-refractivity contribution in [2.75, 3.05) is 40.0 Å². The Labute approximate surface area is 165 Å². The molecular weight excluding hydrogens is 360 g/mol. The van der Waals surface area contributed by atoms with Crippen LogP contribution in [-0.4, -0.2) is 57.0 Å². The third-order valence-electron chi connectivity index (χ3n) is 4.51. The van der Waals surface area contributed by atoms with Crippen molar-refractivity contribution in [3.05, 3.63) is 29.3 Å². The number of benzene rings is 1. The van der Waals surface area contributed by atoms with Crippen LogP contribution >= 0.6 is 11.3 Å². The lowest BCUT2D eigenvalue weighted by Gasteiger charge is -2.12. The van der Waals surface area contributed by atoms with E-state index in [2.05, 4.69) is 38.8 Å². The van der Waals surface area contributed by atoms with Gasteiger partial charge in [-0.2, -0.15) is 0 Å². The Bertz CT molecular complexity index is 680. The van der Waals surface area contributed by atoms with Gasteiger partial charge in [-0.3, -0.25) is 4.99 Å². The van der Waals surface area contributed by atoms with Crippen molar-refractivity contribution in [1.29, 1.82) is 0 Å². The summed E-state index contributed by atoms with van der Waals surface area (Å²) in [5, 5.41) is 7.90. The number of fused-ring (bicyclic) bond motifs is 1. The van der Waals surface area contributed by atoms with E-state index in [1.54, 1.807) is 18.4 Å². The molecule has 0 bridgehead atoms. The minimum absolute atomic E-state index is 0.308. The minimum Gasteiger partial charge on any atom is -0.379 e. The van der Waals surface area contributed by atoms with Gasteiger partial charge < -0.3 is 20.1 Å². The number of thiazole rings is 1. The number of rotatable bonds is 10. The molecule has 1 aliphatic rings. The van der Waals surface area contributed by atoms with E-state index in [-0.39, 0.29) is 0 Å². The number of hydrogen-bond acceptors (Lipinski definition) is 5. The summed E-state index contributed by atoms with van der Waals surface area (Å²) in [5.41, 5.74) is 1.10.